The lowest BCUT2D eigenvalue weighted by molar-refractivity contribution is -0.124. The monoisotopic (exact) mass is 270 g/mol. The quantitative estimate of drug-likeness (QED) is 0.798. The molecule has 0 aromatic carbocycles. The van der Waals surface area contributed by atoms with Gasteiger partial charge < -0.3 is 15.8 Å². The van der Waals surface area contributed by atoms with Gasteiger partial charge in [0.25, 0.3) is 5.91 Å². The first-order valence-corrected chi connectivity index (χ1v) is 6.58. The van der Waals surface area contributed by atoms with Gasteiger partial charge in [0.2, 0.25) is 0 Å². The minimum atomic E-state index is -0.515. The summed E-state index contributed by atoms with van der Waals surface area (Å²) in [6.45, 7) is 5.42. The molecule has 3 N–H and O–H groups in total. The Balaban J connectivity index is 2.44. The third-order valence-corrected chi connectivity index (χ3v) is 3.56. The fraction of sp³-hybridized carbons (Fsp3) is 0.500. The number of thiophene rings is 1. The van der Waals surface area contributed by atoms with E-state index in [-0.39, 0.29) is 18.6 Å². The van der Waals surface area contributed by atoms with Gasteiger partial charge in [-0.05, 0) is 26.3 Å². The van der Waals surface area contributed by atoms with E-state index in [1.807, 2.05) is 20.8 Å². The maximum absolute atomic E-state index is 11.6. The summed E-state index contributed by atoms with van der Waals surface area (Å²) in [6, 6.07) is 1.64. The van der Waals surface area contributed by atoms with E-state index in [4.69, 9.17) is 10.5 Å². The normalized spacial score (nSPS) is 11.9. The maximum Gasteiger partial charge on any atom is 0.348 e. The number of aryl methyl sites for hydroxylation is 1. The van der Waals surface area contributed by atoms with E-state index in [0.717, 1.165) is 11.3 Å². The minimum absolute atomic E-state index is 0.0795. The molecular formula is C12H18N2O3S. The van der Waals surface area contributed by atoms with Crippen molar-refractivity contribution in [3.63, 3.8) is 0 Å². The van der Waals surface area contributed by atoms with Gasteiger partial charge in [0.1, 0.15) is 4.88 Å². The van der Waals surface area contributed by atoms with Crippen LogP contribution in [0.25, 0.3) is 0 Å². The average Bonchev–Trinajstić information content (AvgIpc) is 2.66. The number of carbonyl (C=O) groups is 2. The van der Waals surface area contributed by atoms with Crippen molar-refractivity contribution in [2.24, 2.45) is 0 Å². The van der Waals surface area contributed by atoms with Crippen LogP contribution in [-0.2, 0) is 9.53 Å². The van der Waals surface area contributed by atoms with Gasteiger partial charge in [-0.1, -0.05) is 6.92 Å². The van der Waals surface area contributed by atoms with Crippen LogP contribution in [0.1, 0.15) is 34.8 Å². The number of esters is 1. The Morgan fingerprint density at radius 3 is 2.72 bits per heavy atom. The summed E-state index contributed by atoms with van der Waals surface area (Å²) in [7, 11) is 0. The molecule has 1 aromatic rings. The molecule has 0 spiro atoms. The van der Waals surface area contributed by atoms with Crippen molar-refractivity contribution in [3.05, 3.63) is 15.8 Å². The third kappa shape index (κ3) is 4.03. The first-order valence-electron chi connectivity index (χ1n) is 5.76. The van der Waals surface area contributed by atoms with E-state index in [1.165, 1.54) is 11.3 Å². The second kappa shape index (κ2) is 6.39. The number of anilines is 1. The third-order valence-electron chi connectivity index (χ3n) is 2.51. The molecule has 100 valence electrons. The van der Waals surface area contributed by atoms with Crippen LogP contribution in [0.3, 0.4) is 0 Å². The Morgan fingerprint density at radius 1 is 1.56 bits per heavy atom. The number of ether oxygens (including phenoxy) is 1. The van der Waals surface area contributed by atoms with Crippen molar-refractivity contribution >= 4 is 28.9 Å². The lowest BCUT2D eigenvalue weighted by atomic mass is 10.2. The number of rotatable bonds is 5. The highest BCUT2D eigenvalue weighted by Gasteiger charge is 2.14. The average molecular weight is 270 g/mol. The van der Waals surface area contributed by atoms with Gasteiger partial charge in [-0.15, -0.1) is 11.3 Å². The number of hydrogen-bond donors (Lipinski definition) is 2. The molecule has 0 radical (unpaired) electrons. The van der Waals surface area contributed by atoms with Gasteiger partial charge in [-0.25, -0.2) is 4.79 Å². The molecule has 6 heteroatoms. The van der Waals surface area contributed by atoms with Gasteiger partial charge in [0.15, 0.2) is 6.61 Å². The SMILES string of the molecule is CCC(C)NC(=O)COC(=O)c1cc(N)c(C)s1. The molecule has 1 amide bonds. The fourth-order valence-electron chi connectivity index (χ4n) is 1.22. The second-order valence-corrected chi connectivity index (χ2v) is 5.33. The largest absolute Gasteiger partial charge is 0.451 e. The molecule has 1 heterocycles. The Hall–Kier alpha value is -1.56. The van der Waals surface area contributed by atoms with E-state index in [2.05, 4.69) is 5.32 Å². The Labute approximate surface area is 110 Å². The van der Waals surface area contributed by atoms with Crippen LogP contribution in [0.5, 0.6) is 0 Å². The van der Waals surface area contributed by atoms with Crippen LogP contribution < -0.4 is 11.1 Å². The van der Waals surface area contributed by atoms with Crippen LogP contribution in [0.4, 0.5) is 5.69 Å². The summed E-state index contributed by atoms with van der Waals surface area (Å²) >= 11 is 1.26. The number of hydrogen-bond acceptors (Lipinski definition) is 5. The van der Waals surface area contributed by atoms with E-state index in [9.17, 15) is 9.59 Å². The van der Waals surface area contributed by atoms with E-state index in [1.54, 1.807) is 6.07 Å². The minimum Gasteiger partial charge on any atom is -0.451 e. The van der Waals surface area contributed by atoms with E-state index < -0.39 is 5.97 Å². The Morgan fingerprint density at radius 2 is 2.22 bits per heavy atom. The molecule has 1 unspecified atom stereocenters. The predicted molar refractivity (Wildman–Crippen MR) is 71.6 cm³/mol. The highest BCUT2D eigenvalue weighted by Crippen LogP contribution is 2.23. The van der Waals surface area contributed by atoms with E-state index >= 15 is 0 Å². The Kier molecular flexibility index (Phi) is 5.15. The standard InChI is InChI=1S/C12H18N2O3S/c1-4-7(2)14-11(15)6-17-12(16)10-5-9(13)8(3)18-10/h5,7H,4,6,13H2,1-3H3,(H,14,15). The zero-order valence-electron chi connectivity index (χ0n) is 10.8. The number of amides is 1. The second-order valence-electron chi connectivity index (χ2n) is 4.08. The lowest BCUT2D eigenvalue weighted by Gasteiger charge is -2.10. The van der Waals surface area contributed by atoms with Crippen molar-refractivity contribution in [1.82, 2.24) is 5.32 Å². The number of nitrogens with two attached hydrogens (primary N) is 1. The summed E-state index contributed by atoms with van der Waals surface area (Å²) < 4.78 is 4.91. The zero-order chi connectivity index (χ0) is 13.7. The van der Waals surface area contributed by atoms with Crippen LogP contribution in [0, 0.1) is 6.92 Å². The van der Waals surface area contributed by atoms with Crippen LogP contribution in [0.15, 0.2) is 6.07 Å². The zero-order valence-corrected chi connectivity index (χ0v) is 11.6. The topological polar surface area (TPSA) is 81.4 Å². The number of carbonyl (C=O) groups excluding carboxylic acids is 2. The highest BCUT2D eigenvalue weighted by atomic mass is 32.1. The summed E-state index contributed by atoms with van der Waals surface area (Å²) in [4.78, 5) is 24.3. The Bertz CT molecular complexity index is 423. The van der Waals surface area contributed by atoms with Crippen molar-refractivity contribution in [3.8, 4) is 0 Å². The maximum atomic E-state index is 11.6. The first-order chi connectivity index (χ1) is 8.43. The van der Waals surface area contributed by atoms with Crippen LogP contribution in [-0.4, -0.2) is 24.5 Å². The molecule has 0 aliphatic carbocycles. The molecule has 0 fully saturated rings. The van der Waals surface area contributed by atoms with Crippen molar-refractivity contribution in [2.75, 3.05) is 12.3 Å². The lowest BCUT2D eigenvalue weighted by Crippen LogP contribution is -2.35. The summed E-state index contributed by atoms with van der Waals surface area (Å²) in [5, 5.41) is 2.72. The fourth-order valence-corrected chi connectivity index (χ4v) is 2.05. The highest BCUT2D eigenvalue weighted by molar-refractivity contribution is 7.14. The van der Waals surface area contributed by atoms with Crippen molar-refractivity contribution < 1.29 is 14.3 Å². The van der Waals surface area contributed by atoms with Crippen LogP contribution in [0.2, 0.25) is 0 Å². The smallest absolute Gasteiger partial charge is 0.348 e. The molecule has 1 aromatic heterocycles. The molecule has 1 rings (SSSR count). The molecule has 18 heavy (non-hydrogen) atoms. The van der Waals surface area contributed by atoms with E-state index in [0.29, 0.717) is 10.6 Å². The molecule has 0 aliphatic rings. The molecular weight excluding hydrogens is 252 g/mol. The van der Waals surface area contributed by atoms with Gasteiger partial charge >= 0.3 is 5.97 Å². The van der Waals surface area contributed by atoms with Crippen molar-refractivity contribution in [1.29, 1.82) is 0 Å². The van der Waals surface area contributed by atoms with Gasteiger partial charge in [-0.3, -0.25) is 4.79 Å². The molecule has 0 bridgehead atoms. The molecule has 5 nitrogen and oxygen atoms in total. The molecule has 0 saturated carbocycles. The van der Waals surface area contributed by atoms with Gasteiger partial charge in [0.05, 0.1) is 0 Å². The first kappa shape index (κ1) is 14.5. The number of nitrogen functional groups attached to an aromatic ring is 1. The van der Waals surface area contributed by atoms with Gasteiger partial charge in [-0.2, -0.15) is 0 Å². The molecule has 0 saturated heterocycles. The molecule has 0 aliphatic heterocycles. The van der Waals surface area contributed by atoms with Gasteiger partial charge in [0, 0.05) is 16.6 Å². The van der Waals surface area contributed by atoms with Crippen molar-refractivity contribution in [2.45, 2.75) is 33.2 Å². The number of nitrogens with one attached hydrogen (secondary N) is 1. The summed E-state index contributed by atoms with van der Waals surface area (Å²) in [5.74, 6) is -0.807. The summed E-state index contributed by atoms with van der Waals surface area (Å²) in [5.41, 5.74) is 6.21. The molecule has 1 atom stereocenters. The predicted octanol–water partition coefficient (Wildman–Crippen LogP) is 1.71. The summed E-state index contributed by atoms with van der Waals surface area (Å²) in [6.07, 6.45) is 0.834. The van der Waals surface area contributed by atoms with Crippen LogP contribution >= 0.6 is 11.3 Å².